The van der Waals surface area contributed by atoms with Crippen molar-refractivity contribution >= 4 is 16.8 Å². The zero-order valence-corrected chi connectivity index (χ0v) is 12.8. The zero-order valence-electron chi connectivity index (χ0n) is 12.8. The number of benzene rings is 2. The monoisotopic (exact) mass is 327 g/mol. The van der Waals surface area contributed by atoms with Crippen LogP contribution in [0.25, 0.3) is 10.9 Å². The van der Waals surface area contributed by atoms with E-state index in [-0.39, 0.29) is 10.9 Å². The van der Waals surface area contributed by atoms with E-state index in [1.54, 1.807) is 36.8 Å². The third-order valence-corrected chi connectivity index (χ3v) is 3.81. The summed E-state index contributed by atoms with van der Waals surface area (Å²) in [6.07, 6.45) is 0.375. The summed E-state index contributed by atoms with van der Waals surface area (Å²) in [6, 6.07) is 10.5. The Morgan fingerprint density at radius 1 is 1.25 bits per heavy atom. The standard InChI is InChI=1S/C17H14FN3O3/c1-21-15(8-10-2-4-11(5-3-10)16(22)20-24)19-14-7-6-12(18)9-13(14)17(21)23/h2-7,9,24H,8H2,1H3,(H,20,22). The molecule has 2 aromatic carbocycles. The van der Waals surface area contributed by atoms with Crippen LogP contribution in [-0.4, -0.2) is 20.7 Å². The van der Waals surface area contributed by atoms with Crippen molar-refractivity contribution in [3.63, 3.8) is 0 Å². The molecule has 0 saturated heterocycles. The molecule has 2 N–H and O–H groups in total. The van der Waals surface area contributed by atoms with E-state index in [0.717, 1.165) is 5.56 Å². The van der Waals surface area contributed by atoms with Crippen LogP contribution in [0.2, 0.25) is 0 Å². The van der Waals surface area contributed by atoms with Crippen LogP contribution in [0.4, 0.5) is 4.39 Å². The number of aromatic nitrogens is 2. The summed E-state index contributed by atoms with van der Waals surface area (Å²) < 4.78 is 14.7. The summed E-state index contributed by atoms with van der Waals surface area (Å²) in [5.74, 6) is -0.551. The van der Waals surface area contributed by atoms with Gasteiger partial charge in [0, 0.05) is 19.0 Å². The molecule has 0 unspecified atom stereocenters. The van der Waals surface area contributed by atoms with Crippen molar-refractivity contribution < 1.29 is 14.4 Å². The lowest BCUT2D eigenvalue weighted by atomic mass is 10.1. The van der Waals surface area contributed by atoms with E-state index in [4.69, 9.17) is 5.21 Å². The Balaban J connectivity index is 1.98. The molecule has 1 amide bonds. The molecule has 0 aliphatic carbocycles. The molecule has 24 heavy (non-hydrogen) atoms. The van der Waals surface area contributed by atoms with E-state index < -0.39 is 11.7 Å². The lowest BCUT2D eigenvalue weighted by molar-refractivity contribution is 0.0706. The first-order valence-electron chi connectivity index (χ1n) is 7.18. The van der Waals surface area contributed by atoms with Crippen molar-refractivity contribution in [3.8, 4) is 0 Å². The van der Waals surface area contributed by atoms with Gasteiger partial charge in [-0.15, -0.1) is 0 Å². The van der Waals surface area contributed by atoms with E-state index in [2.05, 4.69) is 4.98 Å². The second-order valence-corrected chi connectivity index (χ2v) is 5.37. The molecule has 0 aliphatic rings. The van der Waals surface area contributed by atoms with Crippen molar-refractivity contribution in [2.45, 2.75) is 6.42 Å². The summed E-state index contributed by atoms with van der Waals surface area (Å²) in [4.78, 5) is 28.1. The van der Waals surface area contributed by atoms with Gasteiger partial charge in [-0.25, -0.2) is 14.9 Å². The molecule has 0 aliphatic heterocycles. The van der Waals surface area contributed by atoms with Gasteiger partial charge in [-0.3, -0.25) is 19.4 Å². The zero-order chi connectivity index (χ0) is 17.3. The fraction of sp³-hybridized carbons (Fsp3) is 0.118. The van der Waals surface area contributed by atoms with Gasteiger partial charge in [-0.2, -0.15) is 0 Å². The fourth-order valence-electron chi connectivity index (χ4n) is 2.47. The second kappa shape index (κ2) is 6.21. The molecule has 1 aromatic heterocycles. The lowest BCUT2D eigenvalue weighted by Gasteiger charge is -2.10. The number of hydrogen-bond acceptors (Lipinski definition) is 4. The van der Waals surface area contributed by atoms with Crippen LogP contribution in [0, 0.1) is 5.82 Å². The minimum Gasteiger partial charge on any atom is -0.299 e. The SMILES string of the molecule is Cn1c(Cc2ccc(C(=O)NO)cc2)nc2ccc(F)cc2c1=O. The van der Waals surface area contributed by atoms with E-state index >= 15 is 0 Å². The Morgan fingerprint density at radius 3 is 2.62 bits per heavy atom. The molecule has 3 rings (SSSR count). The van der Waals surface area contributed by atoms with Crippen LogP contribution in [0.15, 0.2) is 47.3 Å². The molecule has 3 aromatic rings. The number of fused-ring (bicyclic) bond motifs is 1. The minimum atomic E-state index is -0.597. The average molecular weight is 327 g/mol. The maximum absolute atomic E-state index is 13.3. The molecular weight excluding hydrogens is 313 g/mol. The second-order valence-electron chi connectivity index (χ2n) is 5.37. The summed E-state index contributed by atoms with van der Waals surface area (Å²) in [5, 5.41) is 8.84. The van der Waals surface area contributed by atoms with E-state index in [9.17, 15) is 14.0 Å². The number of rotatable bonds is 3. The minimum absolute atomic E-state index is 0.233. The van der Waals surface area contributed by atoms with Crippen LogP contribution < -0.4 is 11.0 Å². The summed E-state index contributed by atoms with van der Waals surface area (Å²) in [6.45, 7) is 0. The maximum atomic E-state index is 13.3. The quantitative estimate of drug-likeness (QED) is 0.567. The number of hydroxylamine groups is 1. The number of nitrogens with zero attached hydrogens (tertiary/aromatic N) is 2. The van der Waals surface area contributed by atoms with Gasteiger partial charge < -0.3 is 0 Å². The number of carbonyl (C=O) groups excluding carboxylic acids is 1. The average Bonchev–Trinajstić information content (AvgIpc) is 2.60. The number of nitrogens with one attached hydrogen (secondary N) is 1. The van der Waals surface area contributed by atoms with Gasteiger partial charge in [0.25, 0.3) is 11.5 Å². The van der Waals surface area contributed by atoms with Gasteiger partial charge in [-0.05, 0) is 35.9 Å². The van der Waals surface area contributed by atoms with Gasteiger partial charge in [-0.1, -0.05) is 12.1 Å². The summed E-state index contributed by atoms with van der Waals surface area (Å²) >= 11 is 0. The van der Waals surface area contributed by atoms with E-state index in [0.29, 0.717) is 23.3 Å². The summed E-state index contributed by atoms with van der Waals surface area (Å²) in [7, 11) is 1.59. The molecule has 0 bridgehead atoms. The van der Waals surface area contributed by atoms with Crippen LogP contribution in [-0.2, 0) is 13.5 Å². The van der Waals surface area contributed by atoms with Gasteiger partial charge >= 0.3 is 0 Å². The van der Waals surface area contributed by atoms with Crippen molar-refractivity contribution in [2.75, 3.05) is 0 Å². The van der Waals surface area contributed by atoms with Gasteiger partial charge in [0.1, 0.15) is 11.6 Å². The number of amides is 1. The highest BCUT2D eigenvalue weighted by Gasteiger charge is 2.10. The van der Waals surface area contributed by atoms with Crippen LogP contribution in [0.5, 0.6) is 0 Å². The van der Waals surface area contributed by atoms with Crippen LogP contribution in [0.1, 0.15) is 21.7 Å². The summed E-state index contributed by atoms with van der Waals surface area (Å²) in [5.41, 5.74) is 2.84. The molecule has 1 heterocycles. The topological polar surface area (TPSA) is 84.2 Å². The Labute approximate surface area is 136 Å². The fourth-order valence-corrected chi connectivity index (χ4v) is 2.47. The molecule has 0 fully saturated rings. The Hall–Kier alpha value is -3.06. The van der Waals surface area contributed by atoms with Crippen molar-refractivity contribution in [1.82, 2.24) is 15.0 Å². The van der Waals surface area contributed by atoms with E-state index in [1.807, 2.05) is 0 Å². The molecule has 0 atom stereocenters. The highest BCUT2D eigenvalue weighted by Crippen LogP contribution is 2.13. The van der Waals surface area contributed by atoms with Crippen LogP contribution >= 0.6 is 0 Å². The number of hydrogen-bond donors (Lipinski definition) is 2. The highest BCUT2D eigenvalue weighted by atomic mass is 19.1. The Kier molecular flexibility index (Phi) is 4.09. The van der Waals surface area contributed by atoms with Crippen molar-refractivity contribution in [3.05, 3.63) is 75.6 Å². The Morgan fingerprint density at radius 2 is 1.96 bits per heavy atom. The van der Waals surface area contributed by atoms with Crippen molar-refractivity contribution in [1.29, 1.82) is 0 Å². The van der Waals surface area contributed by atoms with Gasteiger partial charge in [0.15, 0.2) is 0 Å². The normalized spacial score (nSPS) is 10.8. The first-order chi connectivity index (χ1) is 11.5. The molecule has 6 nitrogen and oxygen atoms in total. The third kappa shape index (κ3) is 2.89. The molecule has 0 spiro atoms. The first kappa shape index (κ1) is 15.8. The van der Waals surface area contributed by atoms with Gasteiger partial charge in [0.05, 0.1) is 10.9 Å². The lowest BCUT2D eigenvalue weighted by Crippen LogP contribution is -2.22. The Bertz CT molecular complexity index is 981. The molecule has 122 valence electrons. The largest absolute Gasteiger partial charge is 0.299 e. The predicted octanol–water partition coefficient (Wildman–Crippen LogP) is 1.78. The number of carbonyl (C=O) groups is 1. The maximum Gasteiger partial charge on any atom is 0.274 e. The molecule has 7 heteroatoms. The van der Waals surface area contributed by atoms with E-state index in [1.165, 1.54) is 22.8 Å². The first-order valence-corrected chi connectivity index (χ1v) is 7.18. The third-order valence-electron chi connectivity index (χ3n) is 3.81. The molecular formula is C17H14FN3O3. The predicted molar refractivity (Wildman–Crippen MR) is 85.4 cm³/mol. The highest BCUT2D eigenvalue weighted by molar-refractivity contribution is 5.93. The smallest absolute Gasteiger partial charge is 0.274 e. The number of halogens is 1. The van der Waals surface area contributed by atoms with Crippen LogP contribution in [0.3, 0.4) is 0 Å². The van der Waals surface area contributed by atoms with Gasteiger partial charge in [0.2, 0.25) is 0 Å². The molecule has 0 radical (unpaired) electrons. The molecule has 0 saturated carbocycles. The van der Waals surface area contributed by atoms with Crippen molar-refractivity contribution in [2.24, 2.45) is 7.05 Å².